The van der Waals surface area contributed by atoms with E-state index in [0.717, 1.165) is 20.6 Å². The highest BCUT2D eigenvalue weighted by molar-refractivity contribution is 9.10. The van der Waals surface area contributed by atoms with E-state index in [4.69, 9.17) is 4.74 Å². The number of anilines is 2. The van der Waals surface area contributed by atoms with Gasteiger partial charge >= 0.3 is 5.97 Å². The van der Waals surface area contributed by atoms with Gasteiger partial charge in [0, 0.05) is 10.2 Å². The Morgan fingerprint density at radius 3 is 2.50 bits per heavy atom. The van der Waals surface area contributed by atoms with Crippen LogP contribution in [-0.2, 0) is 19.6 Å². The first-order chi connectivity index (χ1) is 13.1. The van der Waals surface area contributed by atoms with Crippen LogP contribution in [0.3, 0.4) is 0 Å². The van der Waals surface area contributed by atoms with Crippen LogP contribution in [0.15, 0.2) is 46.9 Å². The Morgan fingerprint density at radius 1 is 1.18 bits per heavy atom. The lowest BCUT2D eigenvalue weighted by Crippen LogP contribution is -2.37. The number of rotatable bonds is 7. The molecule has 0 unspecified atom stereocenters. The Kier molecular flexibility index (Phi) is 7.20. The minimum Gasteiger partial charge on any atom is -0.462 e. The van der Waals surface area contributed by atoms with Crippen LogP contribution < -0.4 is 9.62 Å². The highest BCUT2D eigenvalue weighted by atomic mass is 79.9. The fraction of sp³-hybridized carbons (Fsp3) is 0.263. The maximum atomic E-state index is 12.5. The van der Waals surface area contributed by atoms with Gasteiger partial charge in [-0.25, -0.2) is 13.2 Å². The molecule has 0 saturated heterocycles. The van der Waals surface area contributed by atoms with Gasteiger partial charge in [-0.2, -0.15) is 0 Å². The molecule has 1 N–H and O–H groups in total. The lowest BCUT2D eigenvalue weighted by molar-refractivity contribution is -0.114. The van der Waals surface area contributed by atoms with Crippen molar-refractivity contribution in [2.45, 2.75) is 13.8 Å². The number of aryl methyl sites for hydroxylation is 1. The van der Waals surface area contributed by atoms with Gasteiger partial charge < -0.3 is 10.1 Å². The summed E-state index contributed by atoms with van der Waals surface area (Å²) in [6, 6.07) is 11.3. The van der Waals surface area contributed by atoms with Crippen LogP contribution >= 0.6 is 15.9 Å². The molecule has 0 heterocycles. The zero-order chi connectivity index (χ0) is 20.9. The third kappa shape index (κ3) is 5.80. The quantitative estimate of drug-likeness (QED) is 0.628. The van der Waals surface area contributed by atoms with E-state index >= 15 is 0 Å². The highest BCUT2D eigenvalue weighted by Gasteiger charge is 2.21. The van der Waals surface area contributed by atoms with Crippen molar-refractivity contribution in [1.82, 2.24) is 0 Å². The molecule has 0 aromatic heterocycles. The van der Waals surface area contributed by atoms with Crippen LogP contribution in [0.1, 0.15) is 22.8 Å². The summed E-state index contributed by atoms with van der Waals surface area (Å²) in [5.41, 5.74) is 1.89. The van der Waals surface area contributed by atoms with Crippen LogP contribution in [0.4, 0.5) is 11.4 Å². The molecule has 0 spiro atoms. The average Bonchev–Trinajstić information content (AvgIpc) is 2.61. The molecule has 0 saturated carbocycles. The number of benzene rings is 2. The van der Waals surface area contributed by atoms with E-state index in [1.54, 1.807) is 43.3 Å². The van der Waals surface area contributed by atoms with Crippen LogP contribution in [0.25, 0.3) is 0 Å². The van der Waals surface area contributed by atoms with E-state index in [2.05, 4.69) is 21.2 Å². The Balaban J connectivity index is 2.20. The summed E-state index contributed by atoms with van der Waals surface area (Å²) in [5.74, 6) is -1.03. The molecule has 2 aromatic rings. The smallest absolute Gasteiger partial charge is 0.338 e. The van der Waals surface area contributed by atoms with Crippen molar-refractivity contribution >= 4 is 49.2 Å². The minimum absolute atomic E-state index is 0.241. The topological polar surface area (TPSA) is 92.8 Å². The number of halogens is 1. The van der Waals surface area contributed by atoms with E-state index in [9.17, 15) is 18.0 Å². The summed E-state index contributed by atoms with van der Waals surface area (Å²) >= 11 is 3.37. The molecule has 28 heavy (non-hydrogen) atoms. The number of hydrogen-bond acceptors (Lipinski definition) is 5. The fourth-order valence-electron chi connectivity index (χ4n) is 2.45. The van der Waals surface area contributed by atoms with Crippen molar-refractivity contribution in [3.8, 4) is 0 Å². The molecule has 1 amide bonds. The summed E-state index contributed by atoms with van der Waals surface area (Å²) < 4.78 is 31.2. The Hall–Kier alpha value is -2.39. The first kappa shape index (κ1) is 21.9. The molecular weight excluding hydrogens is 448 g/mol. The van der Waals surface area contributed by atoms with Crippen LogP contribution in [0.5, 0.6) is 0 Å². The third-order valence-electron chi connectivity index (χ3n) is 3.77. The van der Waals surface area contributed by atoms with Gasteiger partial charge in [-0.1, -0.05) is 22.0 Å². The largest absolute Gasteiger partial charge is 0.462 e. The monoisotopic (exact) mass is 468 g/mol. The molecule has 0 aliphatic rings. The third-order valence-corrected chi connectivity index (χ3v) is 5.80. The van der Waals surface area contributed by atoms with Crippen LogP contribution in [0, 0.1) is 6.92 Å². The molecule has 0 aliphatic carbocycles. The van der Waals surface area contributed by atoms with E-state index in [-0.39, 0.29) is 6.61 Å². The molecular formula is C19H21BrN2O5S. The molecule has 0 atom stereocenters. The maximum absolute atomic E-state index is 12.5. The van der Waals surface area contributed by atoms with Crippen molar-refractivity contribution in [1.29, 1.82) is 0 Å². The number of esters is 1. The number of nitrogens with one attached hydrogen (secondary N) is 1. The minimum atomic E-state index is -3.68. The van der Waals surface area contributed by atoms with Crippen molar-refractivity contribution in [2.24, 2.45) is 0 Å². The van der Waals surface area contributed by atoms with E-state index in [1.807, 2.05) is 6.92 Å². The van der Waals surface area contributed by atoms with Crippen molar-refractivity contribution in [3.05, 3.63) is 58.1 Å². The molecule has 0 fully saturated rings. The van der Waals surface area contributed by atoms with Crippen LogP contribution in [-0.4, -0.2) is 39.7 Å². The summed E-state index contributed by atoms with van der Waals surface area (Å²) in [4.78, 5) is 24.3. The Bertz CT molecular complexity index is 992. The van der Waals surface area contributed by atoms with Gasteiger partial charge in [-0.15, -0.1) is 0 Å². The SMILES string of the molecule is CCOC(=O)c1cccc(NC(=O)CN(c2ccc(Br)c(C)c2)S(C)(=O)=O)c1. The number of carbonyl (C=O) groups excluding carboxylic acids is 2. The standard InChI is InChI=1S/C19H21BrN2O5S/c1-4-27-19(24)14-6-5-7-15(11-14)21-18(23)12-22(28(3,25)26)16-8-9-17(20)13(2)10-16/h5-11H,4,12H2,1-3H3,(H,21,23). The number of hydrogen-bond donors (Lipinski definition) is 1. The van der Waals surface area contributed by atoms with Gasteiger partial charge in [0.1, 0.15) is 6.54 Å². The molecule has 2 aromatic carbocycles. The summed E-state index contributed by atoms with van der Waals surface area (Å²) in [6.07, 6.45) is 1.04. The zero-order valence-electron chi connectivity index (χ0n) is 15.7. The van der Waals surface area contributed by atoms with Crippen molar-refractivity contribution < 1.29 is 22.7 Å². The second-order valence-corrected chi connectivity index (χ2v) is 8.81. The van der Waals surface area contributed by atoms with Gasteiger partial charge in [0.25, 0.3) is 0 Å². The number of carbonyl (C=O) groups is 2. The summed E-state index contributed by atoms with van der Waals surface area (Å²) in [7, 11) is -3.68. The van der Waals surface area contributed by atoms with Crippen molar-refractivity contribution in [2.75, 3.05) is 29.0 Å². The Labute approximate surface area is 172 Å². The second-order valence-electron chi connectivity index (χ2n) is 6.05. The first-order valence-corrected chi connectivity index (χ1v) is 11.1. The van der Waals surface area contributed by atoms with Crippen molar-refractivity contribution in [3.63, 3.8) is 0 Å². The lowest BCUT2D eigenvalue weighted by Gasteiger charge is -2.22. The van der Waals surface area contributed by atoms with E-state index in [1.165, 1.54) is 6.07 Å². The predicted octanol–water partition coefficient (Wildman–Crippen LogP) is 3.34. The summed E-state index contributed by atoms with van der Waals surface area (Å²) in [6.45, 7) is 3.37. The number of amides is 1. The first-order valence-electron chi connectivity index (χ1n) is 8.42. The zero-order valence-corrected chi connectivity index (χ0v) is 18.1. The number of ether oxygens (including phenoxy) is 1. The molecule has 0 bridgehead atoms. The molecule has 150 valence electrons. The average molecular weight is 469 g/mol. The molecule has 9 heteroatoms. The number of nitrogens with zero attached hydrogens (tertiary/aromatic N) is 1. The molecule has 0 radical (unpaired) electrons. The lowest BCUT2D eigenvalue weighted by atomic mass is 10.2. The molecule has 2 rings (SSSR count). The normalized spacial score (nSPS) is 11.0. The number of sulfonamides is 1. The van der Waals surface area contributed by atoms with Gasteiger partial charge in [-0.05, 0) is 55.8 Å². The van der Waals surface area contributed by atoms with Gasteiger partial charge in [0.2, 0.25) is 15.9 Å². The van der Waals surface area contributed by atoms with Gasteiger partial charge in [0.05, 0.1) is 24.1 Å². The second kappa shape index (κ2) is 9.20. The Morgan fingerprint density at radius 2 is 1.89 bits per heavy atom. The maximum Gasteiger partial charge on any atom is 0.338 e. The van der Waals surface area contributed by atoms with Gasteiger partial charge in [0.15, 0.2) is 0 Å². The fourth-order valence-corrected chi connectivity index (χ4v) is 3.55. The van der Waals surface area contributed by atoms with Crippen LogP contribution in [0.2, 0.25) is 0 Å². The van der Waals surface area contributed by atoms with E-state index < -0.39 is 28.4 Å². The highest BCUT2D eigenvalue weighted by Crippen LogP contribution is 2.24. The molecule has 0 aliphatic heterocycles. The molecule has 7 nitrogen and oxygen atoms in total. The van der Waals surface area contributed by atoms with E-state index in [0.29, 0.717) is 16.9 Å². The summed E-state index contributed by atoms with van der Waals surface area (Å²) in [5, 5.41) is 2.62. The van der Waals surface area contributed by atoms with Gasteiger partial charge in [-0.3, -0.25) is 9.10 Å². The predicted molar refractivity (Wildman–Crippen MR) is 112 cm³/mol.